The molecule has 4 aliphatic rings. The number of anilines is 2. The number of nitrogens with zero attached hydrogens (tertiary/aromatic N) is 3. The molecule has 168 valence electrons. The smallest absolute Gasteiger partial charge is 0.269 e. The van der Waals surface area contributed by atoms with E-state index >= 15 is 0 Å². The van der Waals surface area contributed by atoms with Crippen molar-refractivity contribution in [1.29, 1.82) is 0 Å². The summed E-state index contributed by atoms with van der Waals surface area (Å²) in [5.74, 6) is -2.74. The molecule has 3 amide bonds. The number of aryl methyl sites for hydroxylation is 1. The fourth-order valence-corrected chi connectivity index (χ4v) is 6.69. The molecule has 4 aliphatic heterocycles. The number of nitrogens with one attached hydrogen (secondary N) is 1. The van der Waals surface area contributed by atoms with Gasteiger partial charge in [0, 0.05) is 23.7 Å². The van der Waals surface area contributed by atoms with Gasteiger partial charge in [0.2, 0.25) is 11.8 Å². The molecular formula is C23H19ClN4O5. The normalized spacial score (nSPS) is 30.1. The highest BCUT2D eigenvalue weighted by molar-refractivity contribution is 6.35. The Kier molecular flexibility index (Phi) is 4.07. The molecule has 0 aliphatic carbocycles. The Morgan fingerprint density at radius 2 is 1.88 bits per heavy atom. The van der Waals surface area contributed by atoms with Crippen LogP contribution < -0.4 is 10.2 Å². The fraction of sp³-hybridized carbons (Fsp3) is 0.348. The summed E-state index contributed by atoms with van der Waals surface area (Å²) < 4.78 is 0. The van der Waals surface area contributed by atoms with Crippen LogP contribution in [0.3, 0.4) is 0 Å². The maximum Gasteiger partial charge on any atom is 0.269 e. The number of imide groups is 1. The number of benzene rings is 2. The van der Waals surface area contributed by atoms with Crippen molar-refractivity contribution in [3.05, 3.63) is 62.7 Å². The van der Waals surface area contributed by atoms with Gasteiger partial charge in [-0.1, -0.05) is 17.7 Å². The van der Waals surface area contributed by atoms with Crippen LogP contribution in [-0.4, -0.2) is 40.1 Å². The summed E-state index contributed by atoms with van der Waals surface area (Å²) >= 11 is 6.47. The molecule has 6 rings (SSSR count). The number of amides is 3. The molecule has 1 spiro atoms. The van der Waals surface area contributed by atoms with Crippen molar-refractivity contribution in [2.75, 3.05) is 16.8 Å². The minimum Gasteiger partial charge on any atom is -0.323 e. The van der Waals surface area contributed by atoms with E-state index in [1.54, 1.807) is 6.07 Å². The summed E-state index contributed by atoms with van der Waals surface area (Å²) in [6.45, 7) is 2.48. The fourth-order valence-electron chi connectivity index (χ4n) is 6.37. The number of rotatable bonds is 2. The van der Waals surface area contributed by atoms with Crippen LogP contribution >= 0.6 is 11.6 Å². The van der Waals surface area contributed by atoms with Crippen molar-refractivity contribution in [1.82, 2.24) is 4.90 Å². The lowest BCUT2D eigenvalue weighted by molar-refractivity contribution is -0.384. The molecule has 2 aromatic rings. The van der Waals surface area contributed by atoms with E-state index in [2.05, 4.69) is 5.32 Å². The van der Waals surface area contributed by atoms with Crippen LogP contribution in [0.2, 0.25) is 5.02 Å². The van der Waals surface area contributed by atoms with Crippen LogP contribution in [0.1, 0.15) is 24.0 Å². The van der Waals surface area contributed by atoms with E-state index in [9.17, 15) is 24.5 Å². The van der Waals surface area contributed by atoms with Crippen molar-refractivity contribution in [2.45, 2.75) is 31.3 Å². The van der Waals surface area contributed by atoms with Crippen LogP contribution in [0.15, 0.2) is 36.4 Å². The molecular weight excluding hydrogens is 448 g/mol. The molecule has 0 aromatic heterocycles. The molecule has 0 bridgehead atoms. The monoisotopic (exact) mass is 466 g/mol. The molecule has 9 nitrogen and oxygen atoms in total. The second kappa shape index (κ2) is 6.61. The van der Waals surface area contributed by atoms with Crippen LogP contribution in [0, 0.1) is 28.9 Å². The first-order valence-corrected chi connectivity index (χ1v) is 11.2. The highest BCUT2D eigenvalue weighted by Crippen LogP contribution is 2.61. The Balaban J connectivity index is 1.53. The Hall–Kier alpha value is -3.30. The van der Waals surface area contributed by atoms with Crippen LogP contribution in [0.5, 0.6) is 0 Å². The van der Waals surface area contributed by atoms with Crippen LogP contribution in [0.4, 0.5) is 17.1 Å². The van der Waals surface area contributed by atoms with Crippen molar-refractivity contribution >= 4 is 46.4 Å². The second-order valence-electron chi connectivity index (χ2n) is 9.08. The lowest BCUT2D eigenvalue weighted by Gasteiger charge is -2.36. The Bertz CT molecular complexity index is 1280. The number of nitro groups is 1. The number of hydrogen-bond donors (Lipinski definition) is 1. The lowest BCUT2D eigenvalue weighted by Crippen LogP contribution is -2.54. The number of hydrogen-bond acceptors (Lipinski definition) is 6. The van der Waals surface area contributed by atoms with Gasteiger partial charge in [-0.2, -0.15) is 0 Å². The van der Waals surface area contributed by atoms with E-state index in [-0.39, 0.29) is 29.2 Å². The molecule has 0 saturated carbocycles. The predicted octanol–water partition coefficient (Wildman–Crippen LogP) is 2.99. The average molecular weight is 467 g/mol. The molecule has 1 N–H and O–H groups in total. The zero-order valence-electron chi connectivity index (χ0n) is 17.6. The quantitative estimate of drug-likeness (QED) is 0.413. The molecule has 33 heavy (non-hydrogen) atoms. The van der Waals surface area contributed by atoms with E-state index in [0.717, 1.165) is 16.9 Å². The van der Waals surface area contributed by atoms with Crippen molar-refractivity contribution in [2.24, 2.45) is 11.8 Å². The number of fused-ring (bicyclic) bond motifs is 7. The summed E-state index contributed by atoms with van der Waals surface area (Å²) in [6, 6.07) is 8.73. The van der Waals surface area contributed by atoms with Crippen molar-refractivity contribution < 1.29 is 19.3 Å². The minimum atomic E-state index is -1.31. The minimum absolute atomic E-state index is 0.134. The van der Waals surface area contributed by atoms with Gasteiger partial charge in [0.25, 0.3) is 11.6 Å². The van der Waals surface area contributed by atoms with E-state index in [1.807, 2.05) is 17.9 Å². The number of carbonyl (C=O) groups excluding carboxylic acids is 3. The van der Waals surface area contributed by atoms with Gasteiger partial charge in [-0.05, 0) is 50.1 Å². The molecule has 0 unspecified atom stereocenters. The molecule has 3 fully saturated rings. The third kappa shape index (κ3) is 2.38. The van der Waals surface area contributed by atoms with Gasteiger partial charge in [-0.3, -0.25) is 29.4 Å². The number of carbonyl (C=O) groups is 3. The topological polar surface area (TPSA) is 113 Å². The summed E-state index contributed by atoms with van der Waals surface area (Å²) in [4.78, 5) is 54.8. The van der Waals surface area contributed by atoms with E-state index in [1.165, 1.54) is 24.3 Å². The van der Waals surface area contributed by atoms with Gasteiger partial charge >= 0.3 is 0 Å². The molecule has 3 saturated heterocycles. The third-order valence-corrected chi connectivity index (χ3v) is 7.81. The molecule has 4 heterocycles. The third-order valence-electron chi connectivity index (χ3n) is 7.52. The zero-order chi connectivity index (χ0) is 23.2. The number of nitro benzene ring substituents is 1. The summed E-state index contributed by atoms with van der Waals surface area (Å²) in [5.41, 5.74) is 0.823. The highest BCUT2D eigenvalue weighted by atomic mass is 35.5. The van der Waals surface area contributed by atoms with Gasteiger partial charge in [0.05, 0.1) is 33.2 Å². The lowest BCUT2D eigenvalue weighted by atomic mass is 9.75. The maximum absolute atomic E-state index is 13.9. The highest BCUT2D eigenvalue weighted by Gasteiger charge is 2.74. The Labute approximate surface area is 193 Å². The summed E-state index contributed by atoms with van der Waals surface area (Å²) in [7, 11) is 0. The van der Waals surface area contributed by atoms with Gasteiger partial charge in [0.1, 0.15) is 5.54 Å². The summed E-state index contributed by atoms with van der Waals surface area (Å²) in [6.07, 6.45) is 1.52. The van der Waals surface area contributed by atoms with Crippen molar-refractivity contribution in [3.63, 3.8) is 0 Å². The van der Waals surface area contributed by atoms with E-state index in [0.29, 0.717) is 29.2 Å². The first kappa shape index (κ1) is 20.3. The van der Waals surface area contributed by atoms with Gasteiger partial charge in [-0.25, -0.2) is 4.90 Å². The molecule has 0 radical (unpaired) electrons. The first-order valence-electron chi connectivity index (χ1n) is 10.8. The first-order chi connectivity index (χ1) is 15.8. The number of non-ortho nitro benzene ring substituents is 1. The van der Waals surface area contributed by atoms with Gasteiger partial charge in [-0.15, -0.1) is 0 Å². The van der Waals surface area contributed by atoms with Crippen LogP contribution in [-0.2, 0) is 19.9 Å². The van der Waals surface area contributed by atoms with Gasteiger partial charge in [0.15, 0.2) is 0 Å². The predicted molar refractivity (Wildman–Crippen MR) is 119 cm³/mol. The summed E-state index contributed by atoms with van der Waals surface area (Å²) in [5, 5.41) is 14.3. The number of halogens is 1. The molecule has 4 atom stereocenters. The molecule has 2 aromatic carbocycles. The largest absolute Gasteiger partial charge is 0.323 e. The maximum atomic E-state index is 13.9. The van der Waals surface area contributed by atoms with Crippen molar-refractivity contribution in [3.8, 4) is 0 Å². The Morgan fingerprint density at radius 1 is 1.15 bits per heavy atom. The van der Waals surface area contributed by atoms with E-state index in [4.69, 9.17) is 11.6 Å². The average Bonchev–Trinajstić information content (AvgIpc) is 3.47. The zero-order valence-corrected chi connectivity index (χ0v) is 18.3. The molecule has 10 heteroatoms. The van der Waals surface area contributed by atoms with Crippen LogP contribution in [0.25, 0.3) is 0 Å². The standard InChI is InChI=1S/C23H19ClN4O5/c1-11-9-14-19(15(24)10-11)25-22(31)23(14)18-17(16-3-2-8-26(16)23)20(29)27(21(18)30)12-4-6-13(7-5-12)28(32)33/h4-7,9-10,16-18H,2-3,8H2,1H3,(H,25,31)/t16-,17-,18-,23+/m0/s1. The SMILES string of the molecule is Cc1cc(Cl)c2c(c1)[C@]1(C(=O)N2)[C@@H]2C(=O)N(c3ccc([N+](=O)[O-])cc3)C(=O)[C@H]2[C@@H]2CCCN21. The second-order valence-corrected chi connectivity index (χ2v) is 9.49. The van der Waals surface area contributed by atoms with E-state index < -0.39 is 28.2 Å². The van der Waals surface area contributed by atoms with Gasteiger partial charge < -0.3 is 5.32 Å². The Morgan fingerprint density at radius 3 is 2.58 bits per heavy atom.